The van der Waals surface area contributed by atoms with Crippen LogP contribution in [0.4, 0.5) is 4.39 Å². The van der Waals surface area contributed by atoms with Crippen molar-refractivity contribution in [3.8, 4) is 0 Å². The third kappa shape index (κ3) is 3.96. The van der Waals surface area contributed by atoms with E-state index in [9.17, 15) is 22.4 Å². The van der Waals surface area contributed by atoms with Crippen LogP contribution in [-0.4, -0.2) is 49.5 Å². The number of benzene rings is 1. The maximum absolute atomic E-state index is 13.4. The molecule has 4 aromatic rings. The van der Waals surface area contributed by atoms with Crippen LogP contribution >= 0.6 is 0 Å². The van der Waals surface area contributed by atoms with Crippen LogP contribution in [0.5, 0.6) is 0 Å². The van der Waals surface area contributed by atoms with Gasteiger partial charge in [0.05, 0.1) is 52.6 Å². The van der Waals surface area contributed by atoms with E-state index in [1.165, 1.54) is 29.1 Å². The minimum atomic E-state index is -4.07. The second-order valence-corrected chi connectivity index (χ2v) is 10.2. The summed E-state index contributed by atoms with van der Waals surface area (Å²) in [6.07, 6.45) is 7.16. The van der Waals surface area contributed by atoms with Gasteiger partial charge in [-0.1, -0.05) is 0 Å². The minimum Gasteiger partial charge on any atom is -0.351 e. The normalized spacial score (nSPS) is 15.1. The molecule has 1 aromatic carbocycles. The number of rotatable bonds is 8. The highest BCUT2D eigenvalue weighted by atomic mass is 32.2. The standard InChI is InChI=1S/C21H22FN7O4S/c1-27-9-14(7-25-27)10-29-19(30)17-6-16(34(32,33)26-21(12-22)4-5-21)2-3-18(17)28(20(29)31)11-15-8-23-13-24-15/h2-3,6-9,13,26H,4-5,10-12H2,1H3,(H,23,24). The van der Waals surface area contributed by atoms with Gasteiger partial charge in [0, 0.05) is 25.0 Å². The molecule has 1 saturated carbocycles. The third-order valence-electron chi connectivity index (χ3n) is 5.94. The van der Waals surface area contributed by atoms with E-state index < -0.39 is 33.5 Å². The molecule has 0 amide bonds. The molecule has 0 saturated heterocycles. The van der Waals surface area contributed by atoms with Crippen molar-refractivity contribution in [2.24, 2.45) is 7.05 Å². The topological polar surface area (TPSA) is 137 Å². The number of alkyl halides is 1. The number of H-pyrrole nitrogens is 1. The van der Waals surface area contributed by atoms with Crippen LogP contribution in [0.25, 0.3) is 10.9 Å². The Kier molecular flexibility index (Phi) is 5.24. The fourth-order valence-corrected chi connectivity index (χ4v) is 5.36. The lowest BCUT2D eigenvalue weighted by Gasteiger charge is -2.16. The lowest BCUT2D eigenvalue weighted by atomic mass is 10.2. The van der Waals surface area contributed by atoms with Crippen molar-refractivity contribution in [1.82, 2.24) is 33.6 Å². The monoisotopic (exact) mass is 487 g/mol. The van der Waals surface area contributed by atoms with Crippen LogP contribution in [0, 0.1) is 0 Å². The summed E-state index contributed by atoms with van der Waals surface area (Å²) < 4.78 is 45.5. The van der Waals surface area contributed by atoms with Gasteiger partial charge < -0.3 is 4.98 Å². The van der Waals surface area contributed by atoms with Crippen molar-refractivity contribution in [3.63, 3.8) is 0 Å². The lowest BCUT2D eigenvalue weighted by molar-refractivity contribution is 0.393. The van der Waals surface area contributed by atoms with E-state index in [4.69, 9.17) is 0 Å². The summed E-state index contributed by atoms with van der Waals surface area (Å²) in [6, 6.07) is 3.96. The second kappa shape index (κ2) is 8.02. The first-order chi connectivity index (χ1) is 16.2. The van der Waals surface area contributed by atoms with Gasteiger partial charge in [0.2, 0.25) is 10.0 Å². The number of hydrogen-bond acceptors (Lipinski definition) is 6. The number of aromatic nitrogens is 6. The first kappa shape index (κ1) is 22.2. The van der Waals surface area contributed by atoms with Gasteiger partial charge in [0.25, 0.3) is 5.56 Å². The Labute approximate surface area is 192 Å². The molecule has 11 nitrogen and oxygen atoms in total. The van der Waals surface area contributed by atoms with E-state index in [2.05, 4.69) is 19.8 Å². The molecule has 1 fully saturated rings. The van der Waals surface area contributed by atoms with Gasteiger partial charge in [-0.25, -0.2) is 27.3 Å². The second-order valence-electron chi connectivity index (χ2n) is 8.54. The Morgan fingerprint density at radius 2 is 2.00 bits per heavy atom. The van der Waals surface area contributed by atoms with Crippen molar-refractivity contribution in [1.29, 1.82) is 0 Å². The molecule has 2 N–H and O–H groups in total. The number of aryl methyl sites for hydroxylation is 1. The van der Waals surface area contributed by atoms with E-state index >= 15 is 0 Å². The number of hydrogen-bond donors (Lipinski definition) is 2. The molecule has 0 unspecified atom stereocenters. The molecule has 1 aliphatic rings. The van der Waals surface area contributed by atoms with E-state index in [1.807, 2.05) is 0 Å². The zero-order valence-electron chi connectivity index (χ0n) is 18.2. The maximum atomic E-state index is 13.4. The summed E-state index contributed by atoms with van der Waals surface area (Å²) in [5.41, 5.74) is -0.805. The van der Waals surface area contributed by atoms with E-state index in [0.29, 0.717) is 24.1 Å². The molecule has 3 heterocycles. The van der Waals surface area contributed by atoms with Crippen LogP contribution in [-0.2, 0) is 30.2 Å². The molecular formula is C21H22FN7O4S. The molecule has 0 bridgehead atoms. The summed E-state index contributed by atoms with van der Waals surface area (Å²) in [7, 11) is -2.35. The van der Waals surface area contributed by atoms with Gasteiger partial charge in [-0.05, 0) is 31.0 Å². The number of fused-ring (bicyclic) bond motifs is 1. The summed E-state index contributed by atoms with van der Waals surface area (Å²) in [5, 5.41) is 4.12. The van der Waals surface area contributed by atoms with Gasteiger partial charge in [-0.15, -0.1) is 0 Å². The maximum Gasteiger partial charge on any atom is 0.332 e. The summed E-state index contributed by atoms with van der Waals surface area (Å²) in [4.78, 5) is 33.5. The largest absolute Gasteiger partial charge is 0.351 e. The predicted molar refractivity (Wildman–Crippen MR) is 121 cm³/mol. The number of imidazole rings is 1. The number of nitrogens with one attached hydrogen (secondary N) is 2. The molecule has 0 aliphatic heterocycles. The van der Waals surface area contributed by atoms with Crippen molar-refractivity contribution < 1.29 is 12.8 Å². The van der Waals surface area contributed by atoms with E-state index in [1.54, 1.807) is 30.3 Å². The summed E-state index contributed by atoms with van der Waals surface area (Å²) in [5.74, 6) is 0. The van der Waals surface area contributed by atoms with Crippen molar-refractivity contribution >= 4 is 20.9 Å². The first-order valence-electron chi connectivity index (χ1n) is 10.5. The molecule has 0 radical (unpaired) electrons. The Morgan fingerprint density at radius 3 is 2.62 bits per heavy atom. The molecule has 0 spiro atoms. The fraction of sp³-hybridized carbons (Fsp3) is 0.333. The van der Waals surface area contributed by atoms with Crippen LogP contribution in [0.3, 0.4) is 0 Å². The quantitative estimate of drug-likeness (QED) is 0.371. The minimum absolute atomic E-state index is 0.0395. The summed E-state index contributed by atoms with van der Waals surface area (Å²) in [6.45, 7) is -0.773. The number of aromatic amines is 1. The van der Waals surface area contributed by atoms with E-state index in [0.717, 1.165) is 4.57 Å². The molecular weight excluding hydrogens is 465 g/mol. The SMILES string of the molecule is Cn1cc(Cn2c(=O)c3cc(S(=O)(=O)NC4(CF)CC4)ccc3n(Cc3c[nH]cn3)c2=O)cn1. The Morgan fingerprint density at radius 1 is 1.21 bits per heavy atom. The highest BCUT2D eigenvalue weighted by molar-refractivity contribution is 7.89. The molecule has 178 valence electrons. The Hall–Kier alpha value is -3.58. The van der Waals surface area contributed by atoms with E-state index in [-0.39, 0.29) is 28.9 Å². The molecule has 1 aliphatic carbocycles. The fourth-order valence-electron chi connectivity index (χ4n) is 3.90. The predicted octanol–water partition coefficient (Wildman–Crippen LogP) is 0.497. The number of sulfonamides is 1. The zero-order chi connectivity index (χ0) is 24.1. The van der Waals surface area contributed by atoms with Gasteiger partial charge in [0.1, 0.15) is 6.67 Å². The van der Waals surface area contributed by atoms with Crippen LogP contribution in [0.15, 0.2) is 57.6 Å². The van der Waals surface area contributed by atoms with Crippen molar-refractivity contribution in [2.45, 2.75) is 36.4 Å². The summed E-state index contributed by atoms with van der Waals surface area (Å²) >= 11 is 0. The zero-order valence-corrected chi connectivity index (χ0v) is 19.0. The lowest BCUT2D eigenvalue weighted by Crippen LogP contribution is -2.41. The van der Waals surface area contributed by atoms with Gasteiger partial charge in [0.15, 0.2) is 0 Å². The number of halogens is 1. The first-order valence-corrected chi connectivity index (χ1v) is 12.0. The smallest absolute Gasteiger partial charge is 0.332 e. The molecule has 5 rings (SSSR count). The third-order valence-corrected chi connectivity index (χ3v) is 7.52. The van der Waals surface area contributed by atoms with Crippen LogP contribution in [0.1, 0.15) is 24.1 Å². The Bertz CT molecular complexity index is 1600. The molecule has 3 aromatic heterocycles. The molecule has 13 heteroatoms. The Balaban J connectivity index is 1.68. The van der Waals surface area contributed by atoms with Gasteiger partial charge >= 0.3 is 5.69 Å². The average molecular weight is 488 g/mol. The molecule has 34 heavy (non-hydrogen) atoms. The molecule has 0 atom stereocenters. The van der Waals surface area contributed by atoms with Crippen LogP contribution in [0.2, 0.25) is 0 Å². The van der Waals surface area contributed by atoms with Gasteiger partial charge in [-0.3, -0.25) is 18.6 Å². The van der Waals surface area contributed by atoms with Gasteiger partial charge in [-0.2, -0.15) is 5.10 Å². The van der Waals surface area contributed by atoms with Crippen molar-refractivity contribution in [2.75, 3.05) is 6.67 Å². The highest BCUT2D eigenvalue weighted by Gasteiger charge is 2.46. The van der Waals surface area contributed by atoms with Crippen LogP contribution < -0.4 is 16.0 Å². The highest BCUT2D eigenvalue weighted by Crippen LogP contribution is 2.37. The number of nitrogens with zero attached hydrogens (tertiary/aromatic N) is 5. The average Bonchev–Trinajstić information content (AvgIpc) is 3.17. The van der Waals surface area contributed by atoms with Crippen molar-refractivity contribution in [3.05, 3.63) is 75.2 Å².